The molecule has 9 nitrogen and oxygen atoms in total. The summed E-state index contributed by atoms with van der Waals surface area (Å²) in [7, 11) is 0. The monoisotopic (exact) mass is 545 g/mol. The maximum Gasteiger partial charge on any atom is 0.259 e. The lowest BCUT2D eigenvalue weighted by molar-refractivity contribution is -0.130. The van der Waals surface area contributed by atoms with Crippen LogP contribution in [0.3, 0.4) is 0 Å². The number of anilines is 2. The second-order valence-corrected chi connectivity index (χ2v) is 10.5. The fraction of sp³-hybridized carbons (Fsp3) is 0.379. The van der Waals surface area contributed by atoms with Crippen LogP contribution in [0.5, 0.6) is 0 Å². The molecule has 0 aliphatic carbocycles. The summed E-state index contributed by atoms with van der Waals surface area (Å²) in [5.41, 5.74) is 3.97. The van der Waals surface area contributed by atoms with Gasteiger partial charge in [-0.25, -0.2) is 4.68 Å². The van der Waals surface area contributed by atoms with Gasteiger partial charge < -0.3 is 15.1 Å². The Morgan fingerprint density at radius 3 is 2.36 bits per heavy atom. The van der Waals surface area contributed by atoms with E-state index in [1.54, 1.807) is 36.0 Å². The number of halogens is 1. The van der Waals surface area contributed by atoms with Gasteiger partial charge in [-0.3, -0.25) is 14.5 Å². The van der Waals surface area contributed by atoms with Crippen LogP contribution in [0, 0.1) is 18.3 Å². The number of carbonyl (C=O) groups is 2. The van der Waals surface area contributed by atoms with E-state index in [-0.39, 0.29) is 11.8 Å². The molecule has 3 heterocycles. The third-order valence-corrected chi connectivity index (χ3v) is 8.03. The molecule has 0 bridgehead atoms. The van der Waals surface area contributed by atoms with Gasteiger partial charge in [-0.2, -0.15) is 10.4 Å². The zero-order chi connectivity index (χ0) is 27.5. The van der Waals surface area contributed by atoms with Gasteiger partial charge in [0.25, 0.3) is 5.91 Å². The number of hydrogen-bond donors (Lipinski definition) is 1. The lowest BCUT2D eigenvalue weighted by Crippen LogP contribution is -2.54. The van der Waals surface area contributed by atoms with Crippen molar-refractivity contribution in [1.82, 2.24) is 19.6 Å². The fourth-order valence-electron chi connectivity index (χ4n) is 5.53. The Labute approximate surface area is 233 Å². The predicted molar refractivity (Wildman–Crippen MR) is 151 cm³/mol. The quantitative estimate of drug-likeness (QED) is 0.518. The first-order valence-corrected chi connectivity index (χ1v) is 13.6. The lowest BCUT2D eigenvalue weighted by atomic mass is 10.0. The summed E-state index contributed by atoms with van der Waals surface area (Å²) in [6, 6.07) is 15.6. The third-order valence-electron chi connectivity index (χ3n) is 7.78. The largest absolute Gasteiger partial charge is 0.370 e. The summed E-state index contributed by atoms with van der Waals surface area (Å²) in [5, 5.41) is 17.8. The Morgan fingerprint density at radius 1 is 1.03 bits per heavy atom. The van der Waals surface area contributed by atoms with E-state index in [1.165, 1.54) is 0 Å². The lowest BCUT2D eigenvalue weighted by Gasteiger charge is -2.43. The average molecular weight is 546 g/mol. The first-order valence-electron chi connectivity index (χ1n) is 13.2. The zero-order valence-electron chi connectivity index (χ0n) is 22.2. The van der Waals surface area contributed by atoms with Crippen LogP contribution >= 0.6 is 11.6 Å². The molecule has 0 spiro atoms. The molecule has 1 aromatic heterocycles. The van der Waals surface area contributed by atoms with Gasteiger partial charge in [0, 0.05) is 62.9 Å². The molecule has 39 heavy (non-hydrogen) atoms. The van der Waals surface area contributed by atoms with Crippen LogP contribution in [-0.2, 0) is 4.79 Å². The van der Waals surface area contributed by atoms with E-state index in [0.29, 0.717) is 33.6 Å². The van der Waals surface area contributed by atoms with E-state index >= 15 is 0 Å². The minimum atomic E-state index is -0.282. The molecular formula is C29H32ClN7O2. The number of benzene rings is 2. The molecule has 3 aromatic rings. The summed E-state index contributed by atoms with van der Waals surface area (Å²) in [6.07, 6.45) is 3.57. The highest BCUT2D eigenvalue weighted by Crippen LogP contribution is 2.29. The zero-order valence-corrected chi connectivity index (χ0v) is 23.0. The Balaban J connectivity index is 1.21. The van der Waals surface area contributed by atoms with Crippen molar-refractivity contribution in [1.29, 1.82) is 5.26 Å². The van der Waals surface area contributed by atoms with Crippen molar-refractivity contribution in [3.05, 3.63) is 70.5 Å². The number of nitriles is 1. The van der Waals surface area contributed by atoms with Crippen LogP contribution in [0.15, 0.2) is 48.7 Å². The van der Waals surface area contributed by atoms with Gasteiger partial charge in [0.05, 0.1) is 34.4 Å². The highest BCUT2D eigenvalue weighted by atomic mass is 35.5. The molecule has 0 atom stereocenters. The number of piperidine rings is 1. The third kappa shape index (κ3) is 5.77. The minimum absolute atomic E-state index is 0.149. The normalized spacial score (nSPS) is 16.7. The highest BCUT2D eigenvalue weighted by Gasteiger charge is 2.29. The SMILES string of the molecule is CC(=O)N1CCN(C2CCN(c3ccc(NC(=O)c4cnn(-c5ccc(Cl)cc5)c4C)cc3C#N)CC2)CC1. The fourth-order valence-corrected chi connectivity index (χ4v) is 5.65. The van der Waals surface area contributed by atoms with E-state index in [2.05, 4.69) is 26.3 Å². The van der Waals surface area contributed by atoms with E-state index in [9.17, 15) is 14.9 Å². The Hall–Kier alpha value is -3.87. The highest BCUT2D eigenvalue weighted by molar-refractivity contribution is 6.30. The summed E-state index contributed by atoms with van der Waals surface area (Å²) in [4.78, 5) is 31.3. The van der Waals surface area contributed by atoms with Crippen molar-refractivity contribution < 1.29 is 9.59 Å². The second-order valence-electron chi connectivity index (χ2n) is 10.1. The topological polar surface area (TPSA) is 97.5 Å². The number of aromatic nitrogens is 2. The van der Waals surface area contributed by atoms with Crippen LogP contribution < -0.4 is 10.2 Å². The molecule has 2 amide bonds. The van der Waals surface area contributed by atoms with Crippen LogP contribution in [-0.4, -0.2) is 76.7 Å². The summed E-state index contributed by atoms with van der Waals surface area (Å²) in [6.45, 7) is 8.62. The Morgan fingerprint density at radius 2 is 1.72 bits per heavy atom. The smallest absolute Gasteiger partial charge is 0.259 e. The van der Waals surface area contributed by atoms with Gasteiger partial charge in [-0.05, 0) is 62.2 Å². The van der Waals surface area contributed by atoms with E-state index in [4.69, 9.17) is 11.6 Å². The molecule has 2 saturated heterocycles. The second kappa shape index (κ2) is 11.5. The van der Waals surface area contributed by atoms with Crippen molar-refractivity contribution in [3.63, 3.8) is 0 Å². The standard InChI is InChI=1S/C29H32ClN7O2/c1-20-27(19-32-37(20)26-6-3-23(30)4-7-26)29(39)33-24-5-8-28(22(17-24)18-31)36-11-9-25(10-12-36)35-15-13-34(14-16-35)21(2)38/h3-8,17,19,25H,9-16H2,1-2H3,(H,33,39). The minimum Gasteiger partial charge on any atom is -0.370 e. The number of hydrogen-bond acceptors (Lipinski definition) is 6. The van der Waals surface area contributed by atoms with Gasteiger partial charge in [0.2, 0.25) is 5.91 Å². The molecule has 2 aliphatic heterocycles. The molecule has 0 radical (unpaired) electrons. The molecular weight excluding hydrogens is 514 g/mol. The van der Waals surface area contributed by atoms with Gasteiger partial charge in [0.1, 0.15) is 6.07 Å². The van der Waals surface area contributed by atoms with Crippen molar-refractivity contribution in [3.8, 4) is 11.8 Å². The van der Waals surface area contributed by atoms with E-state index in [1.807, 2.05) is 36.1 Å². The van der Waals surface area contributed by atoms with Crippen LogP contribution in [0.1, 0.15) is 41.4 Å². The van der Waals surface area contributed by atoms with Gasteiger partial charge >= 0.3 is 0 Å². The summed E-state index contributed by atoms with van der Waals surface area (Å²) >= 11 is 5.99. The molecule has 0 saturated carbocycles. The summed E-state index contributed by atoms with van der Waals surface area (Å²) in [5.74, 6) is -0.133. The molecule has 202 valence electrons. The number of carbonyl (C=O) groups excluding carboxylic acids is 2. The number of amides is 2. The maximum atomic E-state index is 13.1. The van der Waals surface area contributed by atoms with E-state index < -0.39 is 0 Å². The molecule has 0 unspecified atom stereocenters. The molecule has 5 rings (SSSR count). The van der Waals surface area contributed by atoms with Crippen LogP contribution in [0.2, 0.25) is 5.02 Å². The first-order chi connectivity index (χ1) is 18.8. The molecule has 2 aliphatic rings. The number of rotatable bonds is 5. The number of piperazine rings is 1. The molecule has 2 fully saturated rings. The molecule has 10 heteroatoms. The average Bonchev–Trinajstić information content (AvgIpc) is 3.34. The molecule has 1 N–H and O–H groups in total. The first kappa shape index (κ1) is 26.7. The van der Waals surface area contributed by atoms with Crippen molar-refractivity contribution in [2.24, 2.45) is 0 Å². The van der Waals surface area contributed by atoms with Gasteiger partial charge in [0.15, 0.2) is 0 Å². The Bertz CT molecular complexity index is 1400. The van der Waals surface area contributed by atoms with Crippen molar-refractivity contribution in [2.75, 3.05) is 49.5 Å². The Kier molecular flexibility index (Phi) is 7.87. The van der Waals surface area contributed by atoms with Gasteiger partial charge in [-0.1, -0.05) is 11.6 Å². The summed E-state index contributed by atoms with van der Waals surface area (Å²) < 4.78 is 1.70. The van der Waals surface area contributed by atoms with Crippen LogP contribution in [0.4, 0.5) is 11.4 Å². The number of nitrogens with zero attached hydrogens (tertiary/aromatic N) is 6. The maximum absolute atomic E-state index is 13.1. The number of nitrogens with one attached hydrogen (secondary N) is 1. The van der Waals surface area contributed by atoms with E-state index in [0.717, 1.165) is 63.5 Å². The van der Waals surface area contributed by atoms with Gasteiger partial charge in [-0.15, -0.1) is 0 Å². The predicted octanol–water partition coefficient (Wildman–Crippen LogP) is 4.09. The van der Waals surface area contributed by atoms with Crippen LogP contribution in [0.25, 0.3) is 5.69 Å². The van der Waals surface area contributed by atoms with Crippen molar-refractivity contribution in [2.45, 2.75) is 32.7 Å². The van der Waals surface area contributed by atoms with Crippen molar-refractivity contribution >= 4 is 34.8 Å². The molecule has 2 aromatic carbocycles.